The highest BCUT2D eigenvalue weighted by molar-refractivity contribution is 5.91. The van der Waals surface area contributed by atoms with Crippen LogP contribution < -0.4 is 5.32 Å². The summed E-state index contributed by atoms with van der Waals surface area (Å²) < 4.78 is 7.68. The summed E-state index contributed by atoms with van der Waals surface area (Å²) in [6.45, 7) is 3.04. The number of nitrogens with one attached hydrogen (secondary N) is 1. The van der Waals surface area contributed by atoms with Crippen LogP contribution in [0.1, 0.15) is 91.2 Å². The lowest BCUT2D eigenvalue weighted by molar-refractivity contribution is 0.0716. The lowest BCUT2D eigenvalue weighted by atomic mass is 9.87. The smallest absolute Gasteiger partial charge is 0.292 e. The fraction of sp³-hybridized carbons (Fsp3) is 0.714. The maximum absolute atomic E-state index is 13.0. The van der Waals surface area contributed by atoms with Gasteiger partial charge in [0.1, 0.15) is 11.6 Å². The minimum atomic E-state index is -0.0596. The van der Waals surface area contributed by atoms with Crippen molar-refractivity contribution < 1.29 is 9.32 Å². The molecule has 2 aliphatic heterocycles. The van der Waals surface area contributed by atoms with Crippen LogP contribution in [0.3, 0.4) is 0 Å². The Kier molecular flexibility index (Phi) is 5.35. The fourth-order valence-corrected chi connectivity index (χ4v) is 5.01. The minimum absolute atomic E-state index is 0.0596. The number of carbonyl (C=O) groups is 1. The zero-order valence-corrected chi connectivity index (χ0v) is 17.0. The number of rotatable bonds is 3. The van der Waals surface area contributed by atoms with E-state index in [1.807, 2.05) is 11.0 Å². The highest BCUT2D eigenvalue weighted by Gasteiger charge is 2.29. The van der Waals surface area contributed by atoms with E-state index in [1.165, 1.54) is 32.1 Å². The first-order valence-electron chi connectivity index (χ1n) is 11.2. The van der Waals surface area contributed by atoms with Crippen LogP contribution in [0.15, 0.2) is 10.6 Å². The van der Waals surface area contributed by atoms with Crippen molar-refractivity contribution in [3.05, 3.63) is 29.2 Å². The van der Waals surface area contributed by atoms with Crippen molar-refractivity contribution >= 4 is 5.91 Å². The molecule has 3 aliphatic rings. The maximum atomic E-state index is 13.0. The molecule has 156 valence electrons. The van der Waals surface area contributed by atoms with Gasteiger partial charge in [0.15, 0.2) is 0 Å². The van der Waals surface area contributed by atoms with Gasteiger partial charge in [0.05, 0.1) is 11.7 Å². The molecule has 0 spiro atoms. The second-order valence-electron chi connectivity index (χ2n) is 8.62. The Bertz CT molecular complexity index is 847. The molecule has 0 bridgehead atoms. The summed E-state index contributed by atoms with van der Waals surface area (Å²) in [5.74, 6) is 2.75. The first-order valence-corrected chi connectivity index (χ1v) is 11.2. The van der Waals surface area contributed by atoms with Crippen LogP contribution in [0.4, 0.5) is 0 Å². The van der Waals surface area contributed by atoms with Crippen LogP contribution >= 0.6 is 0 Å². The van der Waals surface area contributed by atoms with Crippen molar-refractivity contribution in [2.24, 2.45) is 0 Å². The van der Waals surface area contributed by atoms with E-state index in [2.05, 4.69) is 25.2 Å². The summed E-state index contributed by atoms with van der Waals surface area (Å²) in [7, 11) is 0. The number of aromatic nitrogens is 4. The Morgan fingerprint density at radius 2 is 1.90 bits per heavy atom. The second kappa shape index (κ2) is 8.26. The van der Waals surface area contributed by atoms with Crippen LogP contribution in [0.25, 0.3) is 0 Å². The van der Waals surface area contributed by atoms with Crippen molar-refractivity contribution in [2.45, 2.75) is 76.3 Å². The summed E-state index contributed by atoms with van der Waals surface area (Å²) in [4.78, 5) is 14.9. The van der Waals surface area contributed by atoms with Crippen LogP contribution in [0.2, 0.25) is 0 Å². The molecule has 1 aliphatic carbocycles. The lowest BCUT2D eigenvalue weighted by Crippen LogP contribution is -2.34. The zero-order valence-electron chi connectivity index (χ0n) is 17.0. The van der Waals surface area contributed by atoms with Gasteiger partial charge >= 0.3 is 0 Å². The highest BCUT2D eigenvalue weighted by Crippen LogP contribution is 2.32. The third-order valence-electron chi connectivity index (χ3n) is 6.73. The van der Waals surface area contributed by atoms with E-state index in [1.54, 1.807) is 0 Å². The number of hydrogen-bond donors (Lipinski definition) is 1. The minimum Gasteiger partial charge on any atom is -0.351 e. The summed E-state index contributed by atoms with van der Waals surface area (Å²) in [6, 6.07) is 2.15. The first-order chi connectivity index (χ1) is 14.3. The molecular weight excluding hydrogens is 368 g/mol. The predicted molar refractivity (Wildman–Crippen MR) is 107 cm³/mol. The van der Waals surface area contributed by atoms with Crippen molar-refractivity contribution in [3.63, 3.8) is 0 Å². The SMILES string of the molecule is O=C(c1cc(C2CCCCC2)no1)N1CCc2nnc(C3CCCCN3)n2CC1. The van der Waals surface area contributed by atoms with Crippen molar-refractivity contribution in [2.75, 3.05) is 19.6 Å². The lowest BCUT2D eigenvalue weighted by Gasteiger charge is -2.23. The predicted octanol–water partition coefficient (Wildman–Crippen LogP) is 2.83. The Balaban J connectivity index is 1.26. The van der Waals surface area contributed by atoms with Crippen molar-refractivity contribution in [3.8, 4) is 0 Å². The van der Waals surface area contributed by atoms with Crippen molar-refractivity contribution in [1.29, 1.82) is 0 Å². The van der Waals surface area contributed by atoms with Gasteiger partial charge in [0.25, 0.3) is 5.91 Å². The Hall–Kier alpha value is -2.22. The van der Waals surface area contributed by atoms with Gasteiger partial charge in [-0.25, -0.2) is 0 Å². The second-order valence-corrected chi connectivity index (χ2v) is 8.62. The normalized spacial score (nSPS) is 23.6. The Labute approximate surface area is 171 Å². The first kappa shape index (κ1) is 18.8. The van der Waals surface area contributed by atoms with Gasteiger partial charge in [-0.05, 0) is 32.2 Å². The average molecular weight is 399 g/mol. The van der Waals surface area contributed by atoms with E-state index in [0.717, 1.165) is 56.1 Å². The van der Waals surface area contributed by atoms with Crippen LogP contribution in [-0.4, -0.2) is 50.4 Å². The van der Waals surface area contributed by atoms with Gasteiger partial charge in [-0.1, -0.05) is 30.8 Å². The molecule has 5 rings (SSSR count). The van der Waals surface area contributed by atoms with Gasteiger partial charge < -0.3 is 19.3 Å². The fourth-order valence-electron chi connectivity index (χ4n) is 5.01. The molecule has 2 aromatic rings. The molecule has 1 saturated heterocycles. The molecule has 4 heterocycles. The molecule has 2 aromatic heterocycles. The molecular formula is C21H30N6O2. The summed E-state index contributed by atoms with van der Waals surface area (Å²) in [5.41, 5.74) is 0.950. The molecule has 2 fully saturated rings. The van der Waals surface area contributed by atoms with Crippen LogP contribution in [0, 0.1) is 0 Å². The monoisotopic (exact) mass is 398 g/mol. The summed E-state index contributed by atoms with van der Waals surface area (Å²) in [5, 5.41) is 16.7. The molecule has 8 heteroatoms. The van der Waals surface area contributed by atoms with Gasteiger partial charge in [0, 0.05) is 38.0 Å². The molecule has 0 radical (unpaired) electrons. The number of fused-ring (bicyclic) bond motifs is 1. The molecule has 1 saturated carbocycles. The van der Waals surface area contributed by atoms with E-state index < -0.39 is 0 Å². The molecule has 1 N–H and O–H groups in total. The van der Waals surface area contributed by atoms with Gasteiger partial charge in [0.2, 0.25) is 5.76 Å². The number of amides is 1. The Morgan fingerprint density at radius 1 is 1.03 bits per heavy atom. The number of hydrogen-bond acceptors (Lipinski definition) is 6. The zero-order chi connectivity index (χ0) is 19.6. The molecule has 29 heavy (non-hydrogen) atoms. The van der Waals surface area contributed by atoms with E-state index in [9.17, 15) is 4.79 Å². The quantitative estimate of drug-likeness (QED) is 0.855. The third kappa shape index (κ3) is 3.82. The molecule has 1 unspecified atom stereocenters. The van der Waals surface area contributed by atoms with E-state index in [0.29, 0.717) is 24.8 Å². The van der Waals surface area contributed by atoms with Gasteiger partial charge in [-0.2, -0.15) is 0 Å². The summed E-state index contributed by atoms with van der Waals surface area (Å²) >= 11 is 0. The van der Waals surface area contributed by atoms with E-state index >= 15 is 0 Å². The van der Waals surface area contributed by atoms with Gasteiger partial charge in [-0.15, -0.1) is 10.2 Å². The molecule has 1 amide bonds. The van der Waals surface area contributed by atoms with Crippen LogP contribution in [0.5, 0.6) is 0 Å². The van der Waals surface area contributed by atoms with Crippen molar-refractivity contribution in [1.82, 2.24) is 30.1 Å². The number of nitrogens with zero attached hydrogens (tertiary/aromatic N) is 5. The molecule has 0 aromatic carbocycles. The Morgan fingerprint density at radius 3 is 2.72 bits per heavy atom. The van der Waals surface area contributed by atoms with E-state index in [-0.39, 0.29) is 11.9 Å². The summed E-state index contributed by atoms with van der Waals surface area (Å²) in [6.07, 6.45) is 10.3. The van der Waals surface area contributed by atoms with E-state index in [4.69, 9.17) is 4.52 Å². The molecule has 1 atom stereocenters. The molecule has 8 nitrogen and oxygen atoms in total. The van der Waals surface area contributed by atoms with Crippen LogP contribution in [-0.2, 0) is 13.0 Å². The largest absolute Gasteiger partial charge is 0.351 e. The number of piperidine rings is 1. The third-order valence-corrected chi connectivity index (χ3v) is 6.73. The highest BCUT2D eigenvalue weighted by atomic mass is 16.5. The maximum Gasteiger partial charge on any atom is 0.292 e. The number of carbonyl (C=O) groups excluding carboxylic acids is 1. The topological polar surface area (TPSA) is 89.1 Å². The standard InChI is InChI=1S/C21H30N6O2/c28-21(18-14-17(25-29-18)15-6-2-1-3-7-15)26-11-9-19-23-24-20(27(19)13-12-26)16-8-4-5-10-22-16/h14-16,22H,1-13H2. The average Bonchev–Trinajstić information content (AvgIpc) is 3.38. The van der Waals surface area contributed by atoms with Gasteiger partial charge in [-0.3, -0.25) is 4.79 Å².